The lowest BCUT2D eigenvalue weighted by molar-refractivity contribution is 0.354. The van der Waals surface area contributed by atoms with Crippen LogP contribution in [-0.2, 0) is 12.8 Å². The van der Waals surface area contributed by atoms with Crippen LogP contribution in [0.5, 0.6) is 0 Å². The maximum absolute atomic E-state index is 13.3. The highest BCUT2D eigenvalue weighted by Crippen LogP contribution is 2.20. The lowest BCUT2D eigenvalue weighted by Crippen LogP contribution is -2.27. The molecule has 4 heteroatoms. The van der Waals surface area contributed by atoms with Crippen molar-refractivity contribution in [2.75, 3.05) is 13.1 Å². The lowest BCUT2D eigenvalue weighted by Gasteiger charge is -2.22. The minimum atomic E-state index is -0.532. The summed E-state index contributed by atoms with van der Waals surface area (Å²) in [6.07, 6.45) is 8.87. The summed E-state index contributed by atoms with van der Waals surface area (Å²) >= 11 is 0. The van der Waals surface area contributed by atoms with Crippen LogP contribution >= 0.6 is 0 Å². The van der Waals surface area contributed by atoms with Crippen LogP contribution in [0.3, 0.4) is 0 Å². The van der Waals surface area contributed by atoms with E-state index in [4.69, 9.17) is 0 Å². The smallest absolute Gasteiger partial charge is 0.126 e. The monoisotopic (exact) mass is 316 g/mol. The lowest BCUT2D eigenvalue weighted by atomic mass is 9.91. The van der Waals surface area contributed by atoms with Crippen LogP contribution in [0.4, 0.5) is 8.78 Å². The van der Waals surface area contributed by atoms with Gasteiger partial charge >= 0.3 is 0 Å². The fraction of sp³-hybridized carbons (Fsp3) is 0.421. The van der Waals surface area contributed by atoms with E-state index in [1.807, 2.05) is 6.20 Å². The first kappa shape index (κ1) is 16.1. The fourth-order valence-electron chi connectivity index (χ4n) is 3.26. The zero-order valence-electron chi connectivity index (χ0n) is 13.2. The molecule has 1 aliphatic heterocycles. The largest absolute Gasteiger partial charge is 0.317 e. The van der Waals surface area contributed by atoms with Gasteiger partial charge in [0.15, 0.2) is 0 Å². The molecule has 0 unspecified atom stereocenters. The number of pyridine rings is 1. The van der Waals surface area contributed by atoms with Gasteiger partial charge in [0, 0.05) is 18.5 Å². The Morgan fingerprint density at radius 3 is 2.35 bits per heavy atom. The molecule has 2 heterocycles. The average molecular weight is 316 g/mol. The topological polar surface area (TPSA) is 24.9 Å². The first-order chi connectivity index (χ1) is 11.2. The summed E-state index contributed by atoms with van der Waals surface area (Å²) < 4.78 is 26.6. The van der Waals surface area contributed by atoms with E-state index in [0.29, 0.717) is 12.0 Å². The van der Waals surface area contributed by atoms with E-state index in [1.165, 1.54) is 37.0 Å². The fourth-order valence-corrected chi connectivity index (χ4v) is 3.26. The Balaban J connectivity index is 1.62. The van der Waals surface area contributed by atoms with Gasteiger partial charge in [-0.3, -0.25) is 4.98 Å². The van der Waals surface area contributed by atoms with Crippen LogP contribution in [0.15, 0.2) is 36.7 Å². The number of hydrogen-bond donors (Lipinski definition) is 1. The van der Waals surface area contributed by atoms with Gasteiger partial charge in [0.2, 0.25) is 0 Å². The first-order valence-electron chi connectivity index (χ1n) is 8.27. The zero-order valence-corrected chi connectivity index (χ0v) is 13.2. The number of piperidine rings is 1. The number of nitrogens with zero attached hydrogens (tertiary/aromatic N) is 1. The zero-order chi connectivity index (χ0) is 16.1. The molecule has 0 bridgehead atoms. The Morgan fingerprint density at radius 2 is 1.61 bits per heavy atom. The number of nitrogens with one attached hydrogen (secondary N) is 1. The molecule has 1 aromatic heterocycles. The van der Waals surface area contributed by atoms with Gasteiger partial charge in [0.1, 0.15) is 11.6 Å². The quantitative estimate of drug-likeness (QED) is 0.905. The Hall–Kier alpha value is -1.81. The van der Waals surface area contributed by atoms with Crippen LogP contribution in [-0.4, -0.2) is 18.1 Å². The summed E-state index contributed by atoms with van der Waals surface area (Å²) in [4.78, 5) is 4.29. The highest BCUT2D eigenvalue weighted by atomic mass is 19.1. The van der Waals surface area contributed by atoms with Crippen molar-refractivity contribution in [3.05, 3.63) is 65.0 Å². The third-order valence-electron chi connectivity index (χ3n) is 4.48. The van der Waals surface area contributed by atoms with Crippen LogP contribution in [0.1, 0.15) is 36.0 Å². The summed E-state index contributed by atoms with van der Waals surface area (Å²) in [5, 5.41) is 3.38. The van der Waals surface area contributed by atoms with Gasteiger partial charge in [-0.25, -0.2) is 8.78 Å². The van der Waals surface area contributed by atoms with E-state index in [1.54, 1.807) is 6.20 Å². The molecule has 1 saturated heterocycles. The molecule has 1 N–H and O–H groups in total. The molecule has 0 atom stereocenters. The molecule has 1 aliphatic rings. The van der Waals surface area contributed by atoms with Gasteiger partial charge in [-0.15, -0.1) is 0 Å². The second-order valence-electron chi connectivity index (χ2n) is 6.39. The number of aromatic nitrogens is 1. The highest BCUT2D eigenvalue weighted by Gasteiger charge is 2.13. The van der Waals surface area contributed by atoms with Crippen LogP contribution < -0.4 is 5.32 Å². The van der Waals surface area contributed by atoms with E-state index < -0.39 is 11.6 Å². The molecule has 0 aliphatic carbocycles. The summed E-state index contributed by atoms with van der Waals surface area (Å²) in [6.45, 7) is 2.24. The summed E-state index contributed by atoms with van der Waals surface area (Å²) in [6, 6.07) is 5.77. The van der Waals surface area contributed by atoms with Crippen molar-refractivity contribution in [2.45, 2.75) is 32.1 Å². The van der Waals surface area contributed by atoms with Crippen molar-refractivity contribution in [3.8, 4) is 0 Å². The van der Waals surface area contributed by atoms with Crippen LogP contribution in [0.2, 0.25) is 0 Å². The van der Waals surface area contributed by atoms with E-state index in [0.717, 1.165) is 37.1 Å². The van der Waals surface area contributed by atoms with Gasteiger partial charge in [-0.1, -0.05) is 6.07 Å². The van der Waals surface area contributed by atoms with E-state index in [2.05, 4.69) is 16.4 Å². The predicted octanol–water partition coefficient (Wildman–Crippen LogP) is 3.88. The van der Waals surface area contributed by atoms with Crippen molar-refractivity contribution in [1.29, 1.82) is 0 Å². The molecular formula is C19H22F2N2. The molecule has 1 aromatic carbocycles. The number of hydrogen-bond acceptors (Lipinski definition) is 2. The molecule has 2 nitrogen and oxygen atoms in total. The highest BCUT2D eigenvalue weighted by molar-refractivity contribution is 5.27. The molecule has 0 amide bonds. The maximum atomic E-state index is 13.3. The van der Waals surface area contributed by atoms with Crippen LogP contribution in [0.25, 0.3) is 0 Å². The SMILES string of the molecule is Fc1cc(F)cc(Cc2cncc(CCC3CCNCC3)c2)c1. The Labute approximate surface area is 136 Å². The minimum absolute atomic E-state index is 0.503. The van der Waals surface area contributed by atoms with Crippen LogP contribution in [0, 0.1) is 17.6 Å². The molecule has 0 spiro atoms. The number of benzene rings is 1. The summed E-state index contributed by atoms with van der Waals surface area (Å²) in [7, 11) is 0. The minimum Gasteiger partial charge on any atom is -0.317 e. The van der Waals surface area contributed by atoms with Crippen molar-refractivity contribution >= 4 is 0 Å². The molecule has 0 radical (unpaired) electrons. The molecule has 1 fully saturated rings. The number of aryl methyl sites for hydroxylation is 1. The molecule has 0 saturated carbocycles. The number of rotatable bonds is 5. The molecule has 23 heavy (non-hydrogen) atoms. The average Bonchev–Trinajstić information content (AvgIpc) is 2.53. The van der Waals surface area contributed by atoms with Crippen molar-refractivity contribution in [1.82, 2.24) is 10.3 Å². The second kappa shape index (κ2) is 7.64. The predicted molar refractivity (Wildman–Crippen MR) is 87.3 cm³/mol. The Kier molecular flexibility index (Phi) is 5.34. The molecular weight excluding hydrogens is 294 g/mol. The van der Waals surface area contributed by atoms with E-state index in [-0.39, 0.29) is 0 Å². The summed E-state index contributed by atoms with van der Waals surface area (Å²) in [5.74, 6) is -0.276. The number of halogens is 2. The third-order valence-corrected chi connectivity index (χ3v) is 4.48. The van der Waals surface area contributed by atoms with Crippen molar-refractivity contribution in [3.63, 3.8) is 0 Å². The molecule has 3 rings (SSSR count). The maximum Gasteiger partial charge on any atom is 0.126 e. The van der Waals surface area contributed by atoms with Gasteiger partial charge < -0.3 is 5.32 Å². The van der Waals surface area contributed by atoms with Crippen molar-refractivity contribution < 1.29 is 8.78 Å². The van der Waals surface area contributed by atoms with E-state index in [9.17, 15) is 8.78 Å². The third kappa shape index (κ3) is 4.83. The van der Waals surface area contributed by atoms with Gasteiger partial charge in [0.05, 0.1) is 0 Å². The van der Waals surface area contributed by atoms with Gasteiger partial charge in [-0.05, 0) is 79.9 Å². The summed E-state index contributed by atoms with van der Waals surface area (Å²) in [5.41, 5.74) is 2.84. The first-order valence-corrected chi connectivity index (χ1v) is 8.27. The molecule has 2 aromatic rings. The van der Waals surface area contributed by atoms with Crippen molar-refractivity contribution in [2.24, 2.45) is 5.92 Å². The molecule has 122 valence electrons. The normalized spacial score (nSPS) is 15.7. The second-order valence-corrected chi connectivity index (χ2v) is 6.39. The Bertz CT molecular complexity index is 631. The standard InChI is InChI=1S/C19H22F2N2/c20-18-9-16(10-19(21)11-18)8-17-7-15(12-23-13-17)2-1-14-3-5-22-6-4-14/h7,9-14,22H,1-6,8H2. The Morgan fingerprint density at radius 1 is 0.913 bits per heavy atom. The van der Waals surface area contributed by atoms with Gasteiger partial charge in [-0.2, -0.15) is 0 Å². The van der Waals surface area contributed by atoms with E-state index >= 15 is 0 Å². The van der Waals surface area contributed by atoms with Gasteiger partial charge in [0.25, 0.3) is 0 Å².